The molecule has 6 bridgehead atoms. The second kappa shape index (κ2) is 4.13. The minimum Gasteiger partial charge on any atom is -0.390 e. The summed E-state index contributed by atoms with van der Waals surface area (Å²) in [4.78, 5) is 0. The minimum atomic E-state index is -2.21. The van der Waals surface area contributed by atoms with Crippen molar-refractivity contribution in [2.45, 2.75) is 100 Å². The van der Waals surface area contributed by atoms with Gasteiger partial charge in [-0.05, 0) is 31.6 Å². The van der Waals surface area contributed by atoms with Crippen molar-refractivity contribution in [3.63, 3.8) is 0 Å². The van der Waals surface area contributed by atoms with Crippen molar-refractivity contribution < 1.29 is 35.4 Å². The molecule has 7 heteroatoms. The molecule has 1 spiro atoms. The fourth-order valence-electron chi connectivity index (χ4n) is 8.64. The maximum Gasteiger partial charge on any atom is 0.178 e. The van der Waals surface area contributed by atoms with E-state index in [9.17, 15) is 30.6 Å². The standard InChI is InChI=1S/C20H32O7/c1-10(2)15(22)9-17(24)13(4)8-18(25)14(15,5)20(17,26)19(27-18)12(21)11(3)6-7-16(13,19)23/h10-12,21-26H,6-9H2,1-5H3/t11-,12+,13-,14?,15-,16-,17+,18?,19+,20+/m0/s1. The van der Waals surface area contributed by atoms with Gasteiger partial charge in [-0.3, -0.25) is 0 Å². The van der Waals surface area contributed by atoms with Gasteiger partial charge in [-0.2, -0.15) is 0 Å². The van der Waals surface area contributed by atoms with Gasteiger partial charge in [0.2, 0.25) is 0 Å². The van der Waals surface area contributed by atoms with Gasteiger partial charge in [-0.1, -0.05) is 27.7 Å². The van der Waals surface area contributed by atoms with E-state index in [2.05, 4.69) is 0 Å². The molecular weight excluding hydrogens is 352 g/mol. The topological polar surface area (TPSA) is 131 Å². The van der Waals surface area contributed by atoms with Crippen molar-refractivity contribution >= 4 is 0 Å². The van der Waals surface area contributed by atoms with E-state index in [0.717, 1.165) is 0 Å². The van der Waals surface area contributed by atoms with Crippen LogP contribution < -0.4 is 0 Å². The Morgan fingerprint density at radius 1 is 0.963 bits per heavy atom. The van der Waals surface area contributed by atoms with Gasteiger partial charge in [0.05, 0.1) is 17.1 Å². The molecule has 154 valence electrons. The Labute approximate surface area is 159 Å². The first-order valence-corrected chi connectivity index (χ1v) is 10.1. The van der Waals surface area contributed by atoms with Crippen LogP contribution in [0.1, 0.15) is 60.3 Å². The summed E-state index contributed by atoms with van der Waals surface area (Å²) in [5.41, 5.74) is -12.5. The maximum atomic E-state index is 12.3. The molecule has 0 radical (unpaired) electrons. The number of hydrogen-bond donors (Lipinski definition) is 6. The molecule has 2 heterocycles. The number of hydrogen-bond acceptors (Lipinski definition) is 7. The summed E-state index contributed by atoms with van der Waals surface area (Å²) in [6.45, 7) is 8.55. The largest absolute Gasteiger partial charge is 0.390 e. The molecule has 2 saturated heterocycles. The Balaban J connectivity index is 1.94. The first-order chi connectivity index (χ1) is 12.1. The SMILES string of the molecule is CC(C)[C@@]1(O)C[C@@]2(O)[C@@]3(C)CC4(O)O[C@@]5([C@H](O)[C@@H](C)CC[C@]35O)[C@@]2(O)C41C. The summed E-state index contributed by atoms with van der Waals surface area (Å²) in [6, 6.07) is 0. The molecule has 6 aliphatic rings. The lowest BCUT2D eigenvalue weighted by atomic mass is 9.52. The summed E-state index contributed by atoms with van der Waals surface area (Å²) < 4.78 is 6.12. The third-order valence-corrected chi connectivity index (χ3v) is 10.3. The van der Waals surface area contributed by atoms with Crippen molar-refractivity contribution in [3.8, 4) is 0 Å². The molecule has 7 nitrogen and oxygen atoms in total. The maximum absolute atomic E-state index is 12.3. The lowest BCUT2D eigenvalue weighted by Crippen LogP contribution is -2.75. The predicted molar refractivity (Wildman–Crippen MR) is 93.3 cm³/mol. The predicted octanol–water partition coefficient (Wildman–Crippen LogP) is -0.351. The van der Waals surface area contributed by atoms with Gasteiger partial charge in [-0.15, -0.1) is 0 Å². The summed E-state index contributed by atoms with van der Waals surface area (Å²) >= 11 is 0. The summed E-state index contributed by atoms with van der Waals surface area (Å²) in [5, 5.41) is 70.9. The van der Waals surface area contributed by atoms with Crippen molar-refractivity contribution in [2.24, 2.45) is 22.7 Å². The van der Waals surface area contributed by atoms with Gasteiger partial charge >= 0.3 is 0 Å². The molecule has 6 fully saturated rings. The summed E-state index contributed by atoms with van der Waals surface area (Å²) in [6.07, 6.45) is -0.869. The van der Waals surface area contributed by atoms with Crippen LogP contribution in [-0.4, -0.2) is 70.5 Å². The van der Waals surface area contributed by atoms with E-state index in [1.165, 1.54) is 6.92 Å². The van der Waals surface area contributed by atoms with Crippen LogP contribution in [0.3, 0.4) is 0 Å². The number of aliphatic hydroxyl groups is 6. The second-order valence-electron chi connectivity index (χ2n) is 10.9. The molecule has 4 saturated carbocycles. The van der Waals surface area contributed by atoms with E-state index in [1.807, 2.05) is 0 Å². The molecule has 10 atom stereocenters. The van der Waals surface area contributed by atoms with Crippen LogP contribution in [0.5, 0.6) is 0 Å². The zero-order valence-electron chi connectivity index (χ0n) is 16.7. The summed E-state index contributed by atoms with van der Waals surface area (Å²) in [5.74, 6) is -2.69. The van der Waals surface area contributed by atoms with E-state index in [1.54, 1.807) is 27.7 Å². The molecule has 0 aromatic carbocycles. The minimum absolute atomic E-state index is 0.121. The number of rotatable bonds is 1. The molecule has 27 heavy (non-hydrogen) atoms. The Bertz CT molecular complexity index is 759. The molecule has 2 unspecified atom stereocenters. The van der Waals surface area contributed by atoms with Gasteiger partial charge in [0.15, 0.2) is 11.4 Å². The van der Waals surface area contributed by atoms with Crippen LogP contribution in [0.2, 0.25) is 0 Å². The lowest BCUT2D eigenvalue weighted by molar-refractivity contribution is -0.390. The zero-order valence-corrected chi connectivity index (χ0v) is 16.7. The average molecular weight is 384 g/mol. The first-order valence-electron chi connectivity index (χ1n) is 10.1. The molecule has 0 aromatic heterocycles. The Hall–Kier alpha value is -0.280. The molecule has 6 N–H and O–H groups in total. The van der Waals surface area contributed by atoms with Gasteiger partial charge < -0.3 is 35.4 Å². The Kier molecular flexibility index (Phi) is 2.86. The van der Waals surface area contributed by atoms with Gasteiger partial charge in [0.25, 0.3) is 0 Å². The van der Waals surface area contributed by atoms with Crippen LogP contribution in [-0.2, 0) is 4.74 Å². The van der Waals surface area contributed by atoms with Crippen molar-refractivity contribution in [3.05, 3.63) is 0 Å². The smallest absolute Gasteiger partial charge is 0.178 e. The highest BCUT2D eigenvalue weighted by Gasteiger charge is 3.07. The highest BCUT2D eigenvalue weighted by molar-refractivity contribution is 5.54. The van der Waals surface area contributed by atoms with Crippen LogP contribution >= 0.6 is 0 Å². The molecule has 0 aromatic rings. The molecule has 4 aliphatic carbocycles. The second-order valence-corrected chi connectivity index (χ2v) is 10.9. The Morgan fingerprint density at radius 2 is 1.56 bits per heavy atom. The number of aliphatic hydroxyl groups excluding tert-OH is 1. The van der Waals surface area contributed by atoms with Crippen molar-refractivity contribution in [1.82, 2.24) is 0 Å². The van der Waals surface area contributed by atoms with Crippen LogP contribution in [0.15, 0.2) is 0 Å². The fraction of sp³-hybridized carbons (Fsp3) is 1.00. The first kappa shape index (κ1) is 18.7. The monoisotopic (exact) mass is 384 g/mol. The van der Waals surface area contributed by atoms with E-state index < -0.39 is 56.6 Å². The highest BCUT2D eigenvalue weighted by Crippen LogP contribution is 2.90. The van der Waals surface area contributed by atoms with Gasteiger partial charge in [0, 0.05) is 18.3 Å². The van der Waals surface area contributed by atoms with E-state index >= 15 is 0 Å². The third kappa shape index (κ3) is 1.16. The Morgan fingerprint density at radius 3 is 2.11 bits per heavy atom. The van der Waals surface area contributed by atoms with E-state index in [0.29, 0.717) is 6.42 Å². The van der Waals surface area contributed by atoms with E-state index in [4.69, 9.17) is 4.74 Å². The third-order valence-electron chi connectivity index (χ3n) is 10.3. The van der Waals surface area contributed by atoms with Gasteiger partial charge in [-0.25, -0.2) is 0 Å². The van der Waals surface area contributed by atoms with Crippen molar-refractivity contribution in [1.29, 1.82) is 0 Å². The molecule has 0 amide bonds. The normalized spacial score (nSPS) is 71.6. The number of ether oxygens (including phenoxy) is 1. The molecule has 2 aliphatic heterocycles. The fourth-order valence-corrected chi connectivity index (χ4v) is 8.64. The average Bonchev–Trinajstić information content (AvgIpc) is 2.82. The summed E-state index contributed by atoms with van der Waals surface area (Å²) in [7, 11) is 0. The van der Waals surface area contributed by atoms with Crippen molar-refractivity contribution in [2.75, 3.05) is 0 Å². The van der Waals surface area contributed by atoms with Gasteiger partial charge in [0.1, 0.15) is 16.8 Å². The quantitative estimate of drug-likeness (QED) is 0.364. The van der Waals surface area contributed by atoms with Crippen LogP contribution in [0.25, 0.3) is 0 Å². The van der Waals surface area contributed by atoms with Crippen LogP contribution in [0.4, 0.5) is 0 Å². The van der Waals surface area contributed by atoms with Crippen LogP contribution in [0, 0.1) is 22.7 Å². The highest BCUT2D eigenvalue weighted by atomic mass is 16.7. The lowest BCUT2D eigenvalue weighted by Gasteiger charge is -2.60. The molecular formula is C20H32O7. The molecule has 6 rings (SSSR count). The zero-order chi connectivity index (χ0) is 20.3. The van der Waals surface area contributed by atoms with E-state index in [-0.39, 0.29) is 25.2 Å².